The number of nitro benzene ring substituents is 2. The summed E-state index contributed by atoms with van der Waals surface area (Å²) in [4.78, 5) is 34.2. The number of benzene rings is 3. The Labute approximate surface area is 185 Å². The minimum Gasteiger partial charge on any atom is -0.375 e. The van der Waals surface area contributed by atoms with Crippen molar-refractivity contribution in [3.05, 3.63) is 102 Å². The summed E-state index contributed by atoms with van der Waals surface area (Å²) in [5.74, 6) is -0.813. The van der Waals surface area contributed by atoms with Gasteiger partial charge in [-0.15, -0.1) is 0 Å². The maximum absolute atomic E-state index is 12.9. The molecule has 31 heavy (non-hydrogen) atoms. The van der Waals surface area contributed by atoms with E-state index in [9.17, 15) is 25.0 Å². The molecule has 3 rings (SSSR count). The molecular formula is C20H14Cl2N4O5. The van der Waals surface area contributed by atoms with Gasteiger partial charge in [0.25, 0.3) is 17.3 Å². The number of carbonyl (C=O) groups excluding carboxylic acids is 1. The highest BCUT2D eigenvalue weighted by Gasteiger charge is 2.27. The number of amides is 1. The van der Waals surface area contributed by atoms with Crippen molar-refractivity contribution in [3.8, 4) is 0 Å². The number of hydrogen-bond acceptors (Lipinski definition) is 6. The van der Waals surface area contributed by atoms with Crippen LogP contribution in [0.1, 0.15) is 15.9 Å². The van der Waals surface area contributed by atoms with Gasteiger partial charge in [0, 0.05) is 17.6 Å². The van der Waals surface area contributed by atoms with Crippen molar-refractivity contribution in [1.29, 1.82) is 0 Å². The highest BCUT2D eigenvalue weighted by Crippen LogP contribution is 2.35. The second-order valence-corrected chi connectivity index (χ2v) is 7.16. The van der Waals surface area contributed by atoms with Gasteiger partial charge in [-0.05, 0) is 23.8 Å². The van der Waals surface area contributed by atoms with Crippen molar-refractivity contribution < 1.29 is 14.6 Å². The number of nitrogens with one attached hydrogen (secondary N) is 2. The molecule has 0 saturated carbocycles. The van der Waals surface area contributed by atoms with Crippen LogP contribution in [0, 0.1) is 20.2 Å². The molecule has 0 atom stereocenters. The van der Waals surface area contributed by atoms with Crippen LogP contribution < -0.4 is 10.6 Å². The van der Waals surface area contributed by atoms with Crippen LogP contribution in [0.2, 0.25) is 10.0 Å². The average Bonchev–Trinajstić information content (AvgIpc) is 2.74. The highest BCUT2D eigenvalue weighted by molar-refractivity contribution is 6.36. The number of halogens is 2. The first-order valence-corrected chi connectivity index (χ1v) is 9.53. The third-order valence-corrected chi connectivity index (χ3v) is 4.79. The van der Waals surface area contributed by atoms with E-state index in [4.69, 9.17) is 23.2 Å². The first kappa shape index (κ1) is 22.0. The summed E-state index contributed by atoms with van der Waals surface area (Å²) in [6.45, 7) is 0.154. The summed E-state index contributed by atoms with van der Waals surface area (Å²) in [7, 11) is 0. The molecule has 0 aliphatic rings. The maximum atomic E-state index is 12.9. The van der Waals surface area contributed by atoms with E-state index in [0.29, 0.717) is 5.02 Å². The molecule has 0 aromatic heterocycles. The Morgan fingerprint density at radius 3 is 2.26 bits per heavy atom. The number of hydrogen-bond donors (Lipinski definition) is 2. The molecular weight excluding hydrogens is 447 g/mol. The van der Waals surface area contributed by atoms with Crippen molar-refractivity contribution in [3.63, 3.8) is 0 Å². The van der Waals surface area contributed by atoms with Crippen LogP contribution in [0.3, 0.4) is 0 Å². The lowest BCUT2D eigenvalue weighted by molar-refractivity contribution is -0.393. The van der Waals surface area contributed by atoms with Crippen LogP contribution in [0.5, 0.6) is 0 Å². The second kappa shape index (κ2) is 9.41. The normalized spacial score (nSPS) is 10.4. The second-order valence-electron chi connectivity index (χ2n) is 6.32. The number of anilines is 2. The van der Waals surface area contributed by atoms with Crippen molar-refractivity contribution in [2.75, 3.05) is 10.6 Å². The van der Waals surface area contributed by atoms with Crippen LogP contribution in [0.4, 0.5) is 22.7 Å². The summed E-state index contributed by atoms with van der Waals surface area (Å²) in [6.07, 6.45) is 0. The van der Waals surface area contributed by atoms with E-state index in [2.05, 4.69) is 10.6 Å². The standard InChI is InChI=1S/C20H14Cl2N4O5/c21-13-6-7-17(16(22)8-13)24-20(27)15-9-14(25(28)29)10-18(26(30)31)19(15)23-11-12-4-2-1-3-5-12/h1-10,23H,11H2,(H,24,27). The molecule has 0 aliphatic heterocycles. The summed E-state index contributed by atoms with van der Waals surface area (Å²) < 4.78 is 0. The molecule has 3 aromatic rings. The summed E-state index contributed by atoms with van der Waals surface area (Å²) in [5.41, 5.74) is -0.631. The topological polar surface area (TPSA) is 127 Å². The van der Waals surface area contributed by atoms with Gasteiger partial charge in [-0.1, -0.05) is 53.5 Å². The van der Waals surface area contributed by atoms with Gasteiger partial charge < -0.3 is 10.6 Å². The van der Waals surface area contributed by atoms with Crippen LogP contribution in [-0.4, -0.2) is 15.8 Å². The van der Waals surface area contributed by atoms with Crippen LogP contribution in [0.25, 0.3) is 0 Å². The number of non-ortho nitro benzene ring substituents is 1. The van der Waals surface area contributed by atoms with Gasteiger partial charge in [-0.2, -0.15) is 0 Å². The Morgan fingerprint density at radius 2 is 1.65 bits per heavy atom. The van der Waals surface area contributed by atoms with Crippen molar-refractivity contribution >= 4 is 51.9 Å². The molecule has 11 heteroatoms. The lowest BCUT2D eigenvalue weighted by atomic mass is 10.1. The first-order valence-electron chi connectivity index (χ1n) is 8.77. The minimum absolute atomic E-state index is 0.138. The monoisotopic (exact) mass is 460 g/mol. The van der Waals surface area contributed by atoms with Gasteiger partial charge in [-0.3, -0.25) is 25.0 Å². The molecule has 1 amide bonds. The van der Waals surface area contributed by atoms with Crippen LogP contribution >= 0.6 is 23.2 Å². The first-order chi connectivity index (χ1) is 14.8. The third-order valence-electron chi connectivity index (χ3n) is 4.25. The Hall–Kier alpha value is -3.69. The lowest BCUT2D eigenvalue weighted by Crippen LogP contribution is -2.17. The summed E-state index contributed by atoms with van der Waals surface area (Å²) in [5, 5.41) is 28.7. The van der Waals surface area contributed by atoms with Gasteiger partial charge in [0.05, 0.1) is 32.2 Å². The van der Waals surface area contributed by atoms with E-state index in [1.54, 1.807) is 24.3 Å². The van der Waals surface area contributed by atoms with Gasteiger partial charge >= 0.3 is 0 Å². The van der Waals surface area contributed by atoms with Gasteiger partial charge in [0.15, 0.2) is 0 Å². The van der Waals surface area contributed by atoms with Crippen molar-refractivity contribution in [1.82, 2.24) is 0 Å². The largest absolute Gasteiger partial charge is 0.375 e. The quantitative estimate of drug-likeness (QED) is 0.345. The number of nitrogens with zero attached hydrogens (tertiary/aromatic N) is 2. The van der Waals surface area contributed by atoms with Gasteiger partial charge in [-0.25, -0.2) is 0 Å². The molecule has 0 radical (unpaired) electrons. The van der Waals surface area contributed by atoms with Crippen LogP contribution in [0.15, 0.2) is 60.7 Å². The predicted molar refractivity (Wildman–Crippen MR) is 118 cm³/mol. The van der Waals surface area contributed by atoms with E-state index in [1.807, 2.05) is 6.07 Å². The Balaban J connectivity index is 2.05. The molecule has 0 spiro atoms. The maximum Gasteiger partial charge on any atom is 0.300 e. The zero-order valence-electron chi connectivity index (χ0n) is 15.7. The Morgan fingerprint density at radius 1 is 0.935 bits per heavy atom. The zero-order valence-corrected chi connectivity index (χ0v) is 17.2. The van der Waals surface area contributed by atoms with E-state index < -0.39 is 27.1 Å². The summed E-state index contributed by atoms with van der Waals surface area (Å²) in [6, 6.07) is 15.1. The minimum atomic E-state index is -0.813. The molecule has 0 heterocycles. The number of nitro groups is 2. The third kappa shape index (κ3) is 5.27. The molecule has 0 unspecified atom stereocenters. The summed E-state index contributed by atoms with van der Waals surface area (Å²) >= 11 is 11.9. The number of carbonyl (C=O) groups is 1. The fourth-order valence-corrected chi connectivity index (χ4v) is 3.25. The lowest BCUT2D eigenvalue weighted by Gasteiger charge is -2.14. The molecule has 0 saturated heterocycles. The Bertz CT molecular complexity index is 1170. The smallest absolute Gasteiger partial charge is 0.300 e. The molecule has 3 aromatic carbocycles. The fourth-order valence-electron chi connectivity index (χ4n) is 2.79. The fraction of sp³-hybridized carbons (Fsp3) is 0.0500. The van der Waals surface area contributed by atoms with E-state index in [1.165, 1.54) is 18.2 Å². The highest BCUT2D eigenvalue weighted by atomic mass is 35.5. The van der Waals surface area contributed by atoms with Gasteiger partial charge in [0.1, 0.15) is 5.69 Å². The zero-order chi connectivity index (χ0) is 22.5. The average molecular weight is 461 g/mol. The van der Waals surface area contributed by atoms with Crippen LogP contribution in [-0.2, 0) is 6.54 Å². The van der Waals surface area contributed by atoms with E-state index >= 15 is 0 Å². The number of rotatable bonds is 7. The molecule has 0 bridgehead atoms. The molecule has 0 aliphatic carbocycles. The molecule has 2 N–H and O–H groups in total. The molecule has 0 fully saturated rings. The Kier molecular flexibility index (Phi) is 6.68. The molecule has 158 valence electrons. The predicted octanol–water partition coefficient (Wildman–Crippen LogP) is 5.67. The van der Waals surface area contributed by atoms with Gasteiger partial charge in [0.2, 0.25) is 0 Å². The van der Waals surface area contributed by atoms with Crippen molar-refractivity contribution in [2.24, 2.45) is 0 Å². The van der Waals surface area contributed by atoms with E-state index in [0.717, 1.165) is 17.7 Å². The SMILES string of the molecule is O=C(Nc1ccc(Cl)cc1Cl)c1cc([N+](=O)[O-])cc([N+](=O)[O-])c1NCc1ccccc1. The van der Waals surface area contributed by atoms with Crippen molar-refractivity contribution in [2.45, 2.75) is 6.54 Å². The van der Waals surface area contributed by atoms with E-state index in [-0.39, 0.29) is 28.5 Å². The molecule has 9 nitrogen and oxygen atoms in total.